The van der Waals surface area contributed by atoms with Crippen molar-refractivity contribution in [2.24, 2.45) is 5.41 Å². The topological polar surface area (TPSA) is 15.3 Å². The summed E-state index contributed by atoms with van der Waals surface area (Å²) in [5, 5.41) is 3.61. The average Bonchev–Trinajstić information content (AvgIpc) is 2.40. The van der Waals surface area contributed by atoms with Gasteiger partial charge in [-0.2, -0.15) is 0 Å². The van der Waals surface area contributed by atoms with Gasteiger partial charge in [-0.25, -0.2) is 0 Å². The molecule has 98 valence electrons. The zero-order valence-corrected chi connectivity index (χ0v) is 11.8. The Hall–Kier alpha value is -0.0800. The summed E-state index contributed by atoms with van der Waals surface area (Å²) in [4.78, 5) is 2.68. The Kier molecular flexibility index (Phi) is 5.26. The molecule has 1 saturated heterocycles. The monoisotopic (exact) mass is 228 g/mol. The second-order valence-corrected chi connectivity index (χ2v) is 6.13. The van der Waals surface area contributed by atoms with E-state index in [1.165, 1.54) is 32.4 Å². The minimum absolute atomic E-state index is 0. The molecular weight excluding hydrogens is 196 g/mol. The first-order valence-corrected chi connectivity index (χ1v) is 6.96. The largest absolute Gasteiger partial charge is 0.314 e. The quantitative estimate of drug-likeness (QED) is 0.798. The van der Waals surface area contributed by atoms with Gasteiger partial charge in [0.05, 0.1) is 0 Å². The maximum atomic E-state index is 3.61. The molecule has 0 aliphatic carbocycles. The van der Waals surface area contributed by atoms with Gasteiger partial charge < -0.3 is 10.2 Å². The molecule has 16 heavy (non-hydrogen) atoms. The van der Waals surface area contributed by atoms with Gasteiger partial charge in [-0.3, -0.25) is 0 Å². The van der Waals surface area contributed by atoms with Crippen LogP contribution in [0.1, 0.15) is 55.3 Å². The summed E-state index contributed by atoms with van der Waals surface area (Å²) >= 11 is 0. The SMILES string of the molecule is CCNC1CC[C@H](C(C)(C)C)N(CC)CC1.[HH]. The molecule has 0 aromatic heterocycles. The Bertz CT molecular complexity index is 201. The molecule has 2 atom stereocenters. The van der Waals surface area contributed by atoms with E-state index in [0.717, 1.165) is 18.6 Å². The molecule has 0 spiro atoms. The summed E-state index contributed by atoms with van der Waals surface area (Å²) in [5.74, 6) is 0. The van der Waals surface area contributed by atoms with E-state index in [-0.39, 0.29) is 1.43 Å². The second kappa shape index (κ2) is 6.02. The number of likely N-dealkylation sites (tertiary alicyclic amines) is 1. The van der Waals surface area contributed by atoms with Crippen LogP contribution in [0.3, 0.4) is 0 Å². The first-order chi connectivity index (χ1) is 7.49. The lowest BCUT2D eigenvalue weighted by Gasteiger charge is -2.38. The predicted molar refractivity (Wildman–Crippen MR) is 73.9 cm³/mol. The number of hydrogen-bond acceptors (Lipinski definition) is 2. The van der Waals surface area contributed by atoms with Crippen LogP contribution in [-0.4, -0.2) is 36.6 Å². The van der Waals surface area contributed by atoms with E-state index in [1.807, 2.05) is 0 Å². The highest BCUT2D eigenvalue weighted by Crippen LogP contribution is 2.31. The van der Waals surface area contributed by atoms with Crippen LogP contribution < -0.4 is 5.32 Å². The third kappa shape index (κ3) is 3.74. The van der Waals surface area contributed by atoms with Gasteiger partial charge in [0.2, 0.25) is 0 Å². The average molecular weight is 228 g/mol. The fraction of sp³-hybridized carbons (Fsp3) is 1.00. The Morgan fingerprint density at radius 1 is 1.19 bits per heavy atom. The lowest BCUT2D eigenvalue weighted by atomic mass is 9.83. The van der Waals surface area contributed by atoms with Crippen molar-refractivity contribution in [3.05, 3.63) is 0 Å². The number of nitrogens with zero attached hydrogens (tertiary/aromatic N) is 1. The Balaban J connectivity index is 0.00000256. The zero-order valence-electron chi connectivity index (χ0n) is 11.8. The summed E-state index contributed by atoms with van der Waals surface area (Å²) in [7, 11) is 0. The first-order valence-electron chi connectivity index (χ1n) is 6.96. The molecule has 1 rings (SSSR count). The van der Waals surface area contributed by atoms with Crippen molar-refractivity contribution in [2.45, 2.75) is 66.0 Å². The van der Waals surface area contributed by atoms with Crippen LogP contribution >= 0.6 is 0 Å². The molecule has 1 aliphatic rings. The van der Waals surface area contributed by atoms with Gasteiger partial charge in [-0.05, 0) is 44.3 Å². The summed E-state index contributed by atoms with van der Waals surface area (Å²) in [6.45, 7) is 15.2. The molecule has 0 aromatic carbocycles. The van der Waals surface area contributed by atoms with E-state index >= 15 is 0 Å². The Labute approximate surface area is 103 Å². The first kappa shape index (κ1) is 14.0. The van der Waals surface area contributed by atoms with Crippen molar-refractivity contribution in [3.63, 3.8) is 0 Å². The molecule has 0 aromatic rings. The standard InChI is InChI=1S/C14H30N2.H2/c1-6-15-12-8-9-13(14(3,4)5)16(7-2)11-10-12;/h12-13,15H,6-11H2,1-5H3;1H/t12?,13-;/m1./s1. The lowest BCUT2D eigenvalue weighted by molar-refractivity contribution is 0.106. The summed E-state index contributed by atoms with van der Waals surface area (Å²) in [5.41, 5.74) is 0.414. The van der Waals surface area contributed by atoms with E-state index in [1.54, 1.807) is 0 Å². The third-order valence-electron chi connectivity index (χ3n) is 3.89. The summed E-state index contributed by atoms with van der Waals surface area (Å²) < 4.78 is 0. The highest BCUT2D eigenvalue weighted by atomic mass is 15.2. The van der Waals surface area contributed by atoms with Gasteiger partial charge in [-0.15, -0.1) is 0 Å². The molecule has 0 radical (unpaired) electrons. The highest BCUT2D eigenvalue weighted by Gasteiger charge is 2.32. The number of hydrogen-bond donors (Lipinski definition) is 1. The Morgan fingerprint density at radius 2 is 1.88 bits per heavy atom. The van der Waals surface area contributed by atoms with E-state index in [2.05, 4.69) is 44.8 Å². The predicted octanol–water partition coefficient (Wildman–Crippen LogP) is 3.13. The molecule has 0 bridgehead atoms. The van der Waals surface area contributed by atoms with Crippen molar-refractivity contribution >= 4 is 0 Å². The maximum Gasteiger partial charge on any atom is 0.0144 e. The smallest absolute Gasteiger partial charge is 0.0144 e. The van der Waals surface area contributed by atoms with Crippen LogP contribution in [0.2, 0.25) is 0 Å². The van der Waals surface area contributed by atoms with Crippen LogP contribution in [0.5, 0.6) is 0 Å². The van der Waals surface area contributed by atoms with Gasteiger partial charge in [-0.1, -0.05) is 34.6 Å². The van der Waals surface area contributed by atoms with Crippen molar-refractivity contribution in [2.75, 3.05) is 19.6 Å². The molecule has 2 nitrogen and oxygen atoms in total. The van der Waals surface area contributed by atoms with Crippen molar-refractivity contribution in [1.82, 2.24) is 10.2 Å². The van der Waals surface area contributed by atoms with Gasteiger partial charge >= 0.3 is 0 Å². The molecule has 0 saturated carbocycles. The van der Waals surface area contributed by atoms with Crippen LogP contribution in [0, 0.1) is 5.41 Å². The molecule has 1 N–H and O–H groups in total. The molecule has 1 heterocycles. The molecule has 0 amide bonds. The third-order valence-corrected chi connectivity index (χ3v) is 3.89. The molecular formula is C14H32N2. The van der Waals surface area contributed by atoms with Gasteiger partial charge in [0.1, 0.15) is 0 Å². The van der Waals surface area contributed by atoms with Crippen molar-refractivity contribution < 1.29 is 1.43 Å². The van der Waals surface area contributed by atoms with Gasteiger partial charge in [0.25, 0.3) is 0 Å². The van der Waals surface area contributed by atoms with E-state index in [9.17, 15) is 0 Å². The molecule has 2 heteroatoms. The van der Waals surface area contributed by atoms with E-state index in [0.29, 0.717) is 5.41 Å². The van der Waals surface area contributed by atoms with Crippen LogP contribution in [0.4, 0.5) is 0 Å². The lowest BCUT2D eigenvalue weighted by Crippen LogP contribution is -2.43. The molecule has 1 unspecified atom stereocenters. The van der Waals surface area contributed by atoms with Crippen LogP contribution in [0.25, 0.3) is 0 Å². The normalized spacial score (nSPS) is 29.1. The molecule has 1 fully saturated rings. The highest BCUT2D eigenvalue weighted by molar-refractivity contribution is 4.87. The van der Waals surface area contributed by atoms with Gasteiger partial charge in [0.15, 0.2) is 0 Å². The number of rotatable bonds is 3. The van der Waals surface area contributed by atoms with Crippen LogP contribution in [0.15, 0.2) is 0 Å². The minimum Gasteiger partial charge on any atom is -0.314 e. The fourth-order valence-corrected chi connectivity index (χ4v) is 3.02. The van der Waals surface area contributed by atoms with E-state index in [4.69, 9.17) is 0 Å². The molecule has 1 aliphatic heterocycles. The summed E-state index contributed by atoms with van der Waals surface area (Å²) in [6, 6.07) is 1.49. The van der Waals surface area contributed by atoms with Crippen LogP contribution in [-0.2, 0) is 0 Å². The zero-order chi connectivity index (χ0) is 12.2. The van der Waals surface area contributed by atoms with E-state index < -0.39 is 0 Å². The van der Waals surface area contributed by atoms with Gasteiger partial charge in [0, 0.05) is 13.5 Å². The van der Waals surface area contributed by atoms with Crippen molar-refractivity contribution in [3.8, 4) is 0 Å². The Morgan fingerprint density at radius 3 is 2.38 bits per heavy atom. The fourth-order valence-electron chi connectivity index (χ4n) is 3.02. The number of nitrogens with one attached hydrogen (secondary N) is 1. The second-order valence-electron chi connectivity index (χ2n) is 6.13. The summed E-state index contributed by atoms with van der Waals surface area (Å²) in [6.07, 6.45) is 4.00. The maximum absolute atomic E-state index is 3.61. The van der Waals surface area contributed by atoms with Crippen molar-refractivity contribution in [1.29, 1.82) is 0 Å². The minimum atomic E-state index is 0.